The zero-order chi connectivity index (χ0) is 13.1. The number of hydrogen-bond donors (Lipinski definition) is 1. The molecule has 19 heavy (non-hydrogen) atoms. The van der Waals surface area contributed by atoms with Gasteiger partial charge in [0.25, 0.3) is 5.95 Å². The van der Waals surface area contributed by atoms with Crippen molar-refractivity contribution in [3.05, 3.63) is 18.5 Å². The second-order valence-corrected chi connectivity index (χ2v) is 5.68. The highest BCUT2D eigenvalue weighted by atomic mass is 32.2. The monoisotopic (exact) mass is 276 g/mol. The van der Waals surface area contributed by atoms with Crippen LogP contribution < -0.4 is 5.73 Å². The van der Waals surface area contributed by atoms with Crippen molar-refractivity contribution >= 4 is 17.7 Å². The Balaban J connectivity index is 1.74. The predicted octanol–water partition coefficient (Wildman–Crippen LogP) is 1.92. The number of nitrogens with zero attached hydrogens (tertiary/aromatic N) is 5. The number of nitrogen functional groups attached to an aromatic ring is 1. The molecule has 0 bridgehead atoms. The molecule has 0 saturated heterocycles. The van der Waals surface area contributed by atoms with Crippen molar-refractivity contribution in [1.82, 2.24) is 24.7 Å². The summed E-state index contributed by atoms with van der Waals surface area (Å²) in [5, 5.41) is 4.79. The van der Waals surface area contributed by atoms with E-state index in [0.717, 1.165) is 11.7 Å². The molecule has 100 valence electrons. The van der Waals surface area contributed by atoms with Gasteiger partial charge in [-0.2, -0.15) is 20.1 Å². The van der Waals surface area contributed by atoms with Crippen LogP contribution in [0, 0.1) is 5.92 Å². The molecule has 7 heteroatoms. The van der Waals surface area contributed by atoms with Crippen LogP contribution in [0.15, 0.2) is 23.6 Å². The second kappa shape index (κ2) is 5.56. The zero-order valence-corrected chi connectivity index (χ0v) is 11.4. The van der Waals surface area contributed by atoms with Gasteiger partial charge in [-0.3, -0.25) is 0 Å². The molecule has 1 aliphatic carbocycles. The molecule has 1 fully saturated rings. The fourth-order valence-electron chi connectivity index (χ4n) is 2.28. The number of rotatable bonds is 4. The number of hydrogen-bond acceptors (Lipinski definition) is 6. The van der Waals surface area contributed by atoms with E-state index < -0.39 is 0 Å². The van der Waals surface area contributed by atoms with E-state index in [-0.39, 0.29) is 5.95 Å². The number of anilines is 1. The molecule has 2 aromatic heterocycles. The first kappa shape index (κ1) is 12.4. The highest BCUT2D eigenvalue weighted by molar-refractivity contribution is 7.99. The smallest absolute Gasteiger partial charge is 0.256 e. The van der Waals surface area contributed by atoms with E-state index in [1.165, 1.54) is 25.7 Å². The van der Waals surface area contributed by atoms with Gasteiger partial charge in [0.15, 0.2) is 5.16 Å². The summed E-state index contributed by atoms with van der Waals surface area (Å²) in [5.74, 6) is 2.57. The second-order valence-electron chi connectivity index (χ2n) is 4.69. The minimum absolute atomic E-state index is 0.245. The van der Waals surface area contributed by atoms with Gasteiger partial charge in [0.2, 0.25) is 5.95 Å². The standard InChI is InChI=1S/C12H16N6S/c13-10-15-11(18-7-3-6-14-18)17-12(16-10)19-8-9-4-1-2-5-9/h3,6-7,9H,1-2,4-5,8H2,(H2,13,15,16,17). The molecule has 0 aliphatic heterocycles. The summed E-state index contributed by atoms with van der Waals surface area (Å²) in [6.07, 6.45) is 8.82. The number of nitrogens with two attached hydrogens (primary N) is 1. The summed E-state index contributed by atoms with van der Waals surface area (Å²) in [6, 6.07) is 1.82. The fraction of sp³-hybridized carbons (Fsp3) is 0.500. The Morgan fingerprint density at radius 3 is 2.84 bits per heavy atom. The third-order valence-electron chi connectivity index (χ3n) is 3.25. The lowest BCUT2D eigenvalue weighted by Crippen LogP contribution is -2.08. The Morgan fingerprint density at radius 2 is 2.11 bits per heavy atom. The van der Waals surface area contributed by atoms with Gasteiger partial charge in [-0.1, -0.05) is 24.6 Å². The van der Waals surface area contributed by atoms with Gasteiger partial charge >= 0.3 is 0 Å². The maximum Gasteiger partial charge on any atom is 0.256 e. The lowest BCUT2D eigenvalue weighted by molar-refractivity contribution is 0.622. The van der Waals surface area contributed by atoms with Crippen LogP contribution >= 0.6 is 11.8 Å². The predicted molar refractivity (Wildman–Crippen MR) is 74.0 cm³/mol. The van der Waals surface area contributed by atoms with Crippen molar-refractivity contribution in [1.29, 1.82) is 0 Å². The van der Waals surface area contributed by atoms with Gasteiger partial charge in [0.1, 0.15) is 0 Å². The summed E-state index contributed by atoms with van der Waals surface area (Å²) in [4.78, 5) is 12.7. The molecule has 1 saturated carbocycles. The first-order valence-electron chi connectivity index (χ1n) is 6.45. The van der Waals surface area contributed by atoms with Crippen molar-refractivity contribution in [3.8, 4) is 5.95 Å². The number of thioether (sulfide) groups is 1. The van der Waals surface area contributed by atoms with Crippen LogP contribution in [0.25, 0.3) is 5.95 Å². The average molecular weight is 276 g/mol. The topological polar surface area (TPSA) is 82.5 Å². The summed E-state index contributed by atoms with van der Waals surface area (Å²) in [6.45, 7) is 0. The van der Waals surface area contributed by atoms with E-state index in [0.29, 0.717) is 11.1 Å². The van der Waals surface area contributed by atoms with E-state index in [2.05, 4.69) is 20.1 Å². The average Bonchev–Trinajstić information content (AvgIpc) is 3.09. The molecular weight excluding hydrogens is 260 g/mol. The Labute approximate surface area is 115 Å². The minimum Gasteiger partial charge on any atom is -0.368 e. The molecule has 0 amide bonds. The fourth-order valence-corrected chi connectivity index (χ4v) is 3.31. The van der Waals surface area contributed by atoms with Crippen LogP contribution in [-0.2, 0) is 0 Å². The summed E-state index contributed by atoms with van der Waals surface area (Å²) in [7, 11) is 0. The Bertz CT molecular complexity index is 535. The van der Waals surface area contributed by atoms with Crippen LogP contribution in [0.1, 0.15) is 25.7 Å². The molecule has 2 aromatic rings. The molecule has 0 unspecified atom stereocenters. The minimum atomic E-state index is 0.245. The SMILES string of the molecule is Nc1nc(SCC2CCCC2)nc(-n2cccn2)n1. The summed E-state index contributed by atoms with van der Waals surface area (Å²) in [5.41, 5.74) is 5.73. The maximum absolute atomic E-state index is 5.73. The van der Waals surface area contributed by atoms with Crippen molar-refractivity contribution < 1.29 is 0 Å². The highest BCUT2D eigenvalue weighted by Crippen LogP contribution is 2.29. The third kappa shape index (κ3) is 3.04. The third-order valence-corrected chi connectivity index (χ3v) is 4.33. The highest BCUT2D eigenvalue weighted by Gasteiger charge is 2.16. The van der Waals surface area contributed by atoms with E-state index in [9.17, 15) is 0 Å². The van der Waals surface area contributed by atoms with Crippen molar-refractivity contribution in [2.45, 2.75) is 30.8 Å². The van der Waals surface area contributed by atoms with Gasteiger partial charge in [-0.25, -0.2) is 4.68 Å². The van der Waals surface area contributed by atoms with Crippen LogP contribution in [0.3, 0.4) is 0 Å². The molecule has 0 atom stereocenters. The number of aromatic nitrogens is 5. The van der Waals surface area contributed by atoms with E-state index in [1.807, 2.05) is 6.07 Å². The quantitative estimate of drug-likeness (QED) is 0.859. The Morgan fingerprint density at radius 1 is 1.26 bits per heavy atom. The van der Waals surface area contributed by atoms with Crippen LogP contribution in [0.5, 0.6) is 0 Å². The molecule has 0 aromatic carbocycles. The Kier molecular flexibility index (Phi) is 3.63. The van der Waals surface area contributed by atoms with Crippen LogP contribution in [0.2, 0.25) is 0 Å². The summed E-state index contributed by atoms with van der Waals surface area (Å²) < 4.78 is 1.59. The van der Waals surface area contributed by atoms with Gasteiger partial charge in [-0.05, 0) is 24.8 Å². The van der Waals surface area contributed by atoms with Gasteiger partial charge in [-0.15, -0.1) is 0 Å². The maximum atomic E-state index is 5.73. The lowest BCUT2D eigenvalue weighted by Gasteiger charge is -2.08. The lowest BCUT2D eigenvalue weighted by atomic mass is 10.1. The zero-order valence-electron chi connectivity index (χ0n) is 10.6. The van der Waals surface area contributed by atoms with Gasteiger partial charge < -0.3 is 5.73 Å². The van der Waals surface area contributed by atoms with Crippen molar-refractivity contribution in [3.63, 3.8) is 0 Å². The molecule has 1 aliphatic rings. The molecular formula is C12H16N6S. The van der Waals surface area contributed by atoms with Gasteiger partial charge in [0.05, 0.1) is 0 Å². The normalized spacial score (nSPS) is 16.0. The molecule has 0 radical (unpaired) electrons. The van der Waals surface area contributed by atoms with E-state index in [1.54, 1.807) is 28.8 Å². The van der Waals surface area contributed by atoms with Crippen molar-refractivity contribution in [2.24, 2.45) is 5.92 Å². The van der Waals surface area contributed by atoms with Crippen LogP contribution in [0.4, 0.5) is 5.95 Å². The van der Waals surface area contributed by atoms with Crippen molar-refractivity contribution in [2.75, 3.05) is 11.5 Å². The summed E-state index contributed by atoms with van der Waals surface area (Å²) >= 11 is 1.66. The molecule has 3 rings (SSSR count). The van der Waals surface area contributed by atoms with E-state index >= 15 is 0 Å². The first-order valence-corrected chi connectivity index (χ1v) is 7.44. The van der Waals surface area contributed by atoms with Crippen LogP contribution in [-0.4, -0.2) is 30.5 Å². The van der Waals surface area contributed by atoms with Gasteiger partial charge in [0, 0.05) is 18.1 Å². The van der Waals surface area contributed by atoms with E-state index in [4.69, 9.17) is 5.73 Å². The molecule has 2 N–H and O–H groups in total. The molecule has 2 heterocycles. The largest absolute Gasteiger partial charge is 0.368 e. The molecule has 0 spiro atoms. The molecule has 6 nitrogen and oxygen atoms in total. The Hall–Kier alpha value is -1.63. The first-order chi connectivity index (χ1) is 9.31.